The molecule has 32 heavy (non-hydrogen) atoms. The molecule has 2 amide bonds. The normalized spacial score (nSPS) is 17.7. The Labute approximate surface area is 192 Å². The van der Waals surface area contributed by atoms with E-state index in [-0.39, 0.29) is 18.4 Å². The van der Waals surface area contributed by atoms with Crippen molar-refractivity contribution >= 4 is 17.4 Å². The second kappa shape index (κ2) is 12.8. The van der Waals surface area contributed by atoms with Crippen molar-refractivity contribution in [2.75, 3.05) is 45.9 Å². The van der Waals surface area contributed by atoms with Gasteiger partial charge >= 0.3 is 0 Å². The largest absolute Gasteiger partial charge is 0.395 e. The van der Waals surface area contributed by atoms with Crippen LogP contribution in [-0.2, 0) is 9.59 Å². The number of piperazine rings is 1. The van der Waals surface area contributed by atoms with Gasteiger partial charge in [-0.3, -0.25) is 19.4 Å². The Hall–Kier alpha value is -2.18. The summed E-state index contributed by atoms with van der Waals surface area (Å²) in [7, 11) is 0. The van der Waals surface area contributed by atoms with Crippen molar-refractivity contribution in [2.24, 2.45) is 0 Å². The van der Waals surface area contributed by atoms with Crippen LogP contribution in [0.1, 0.15) is 63.9 Å². The van der Waals surface area contributed by atoms with Crippen LogP contribution in [0.2, 0.25) is 0 Å². The van der Waals surface area contributed by atoms with E-state index in [1.807, 2.05) is 30.3 Å². The molecule has 2 heterocycles. The smallest absolute Gasteiger partial charge is 0.277 e. The van der Waals surface area contributed by atoms with Gasteiger partial charge in [-0.25, -0.2) is 0 Å². The maximum atomic E-state index is 13.4. The Morgan fingerprint density at radius 1 is 0.781 bits per heavy atom. The fourth-order valence-electron chi connectivity index (χ4n) is 4.67. The van der Waals surface area contributed by atoms with E-state index < -0.39 is 0 Å². The van der Waals surface area contributed by atoms with Gasteiger partial charge in [0.25, 0.3) is 11.8 Å². The standard InChI is InChI=1S/C26H39N3O3/c1-2-3-4-5-6-7-8-12-15-29-25(31)23(22-13-10-9-11-14-22)24(26(29)32)28-18-16-27(17-19-28)20-21-30/h9-11,13-14,30H,2-8,12,15-21H2,1H3. The lowest BCUT2D eigenvalue weighted by atomic mass is 10.0. The van der Waals surface area contributed by atoms with Gasteiger partial charge in [0.1, 0.15) is 5.70 Å². The van der Waals surface area contributed by atoms with Crippen LogP contribution in [0.5, 0.6) is 0 Å². The molecule has 6 nitrogen and oxygen atoms in total. The van der Waals surface area contributed by atoms with Crippen LogP contribution < -0.4 is 0 Å². The number of rotatable bonds is 13. The Balaban J connectivity index is 1.64. The van der Waals surface area contributed by atoms with Crippen LogP contribution in [0.15, 0.2) is 36.0 Å². The quantitative estimate of drug-likeness (QED) is 0.375. The van der Waals surface area contributed by atoms with Crippen molar-refractivity contribution in [3.63, 3.8) is 0 Å². The zero-order valence-corrected chi connectivity index (χ0v) is 19.6. The molecular formula is C26H39N3O3. The lowest BCUT2D eigenvalue weighted by molar-refractivity contribution is -0.137. The Kier molecular flexibility index (Phi) is 9.75. The molecule has 176 valence electrons. The molecule has 2 aliphatic heterocycles. The Bertz CT molecular complexity index is 770. The number of hydrogen-bond donors (Lipinski definition) is 1. The zero-order valence-electron chi connectivity index (χ0n) is 19.6. The molecule has 1 N–H and O–H groups in total. The predicted octanol–water partition coefficient (Wildman–Crippen LogP) is 3.52. The van der Waals surface area contributed by atoms with Crippen LogP contribution in [0, 0.1) is 0 Å². The molecule has 0 radical (unpaired) electrons. The summed E-state index contributed by atoms with van der Waals surface area (Å²) in [4.78, 5) is 32.5. The number of aliphatic hydroxyl groups excluding tert-OH is 1. The van der Waals surface area contributed by atoms with Gasteiger partial charge in [-0.05, 0) is 12.0 Å². The van der Waals surface area contributed by atoms with E-state index in [1.54, 1.807) is 0 Å². The van der Waals surface area contributed by atoms with Crippen molar-refractivity contribution in [3.05, 3.63) is 41.6 Å². The molecule has 0 unspecified atom stereocenters. The van der Waals surface area contributed by atoms with Gasteiger partial charge in [-0.1, -0.05) is 82.2 Å². The van der Waals surface area contributed by atoms with Crippen molar-refractivity contribution in [3.8, 4) is 0 Å². The molecule has 0 aromatic heterocycles. The van der Waals surface area contributed by atoms with Gasteiger partial charge in [-0.15, -0.1) is 0 Å². The average Bonchev–Trinajstić information content (AvgIpc) is 3.06. The summed E-state index contributed by atoms with van der Waals surface area (Å²) in [6, 6.07) is 9.60. The van der Waals surface area contributed by atoms with E-state index in [2.05, 4.69) is 16.7 Å². The summed E-state index contributed by atoms with van der Waals surface area (Å²) >= 11 is 0. The van der Waals surface area contributed by atoms with Gasteiger partial charge in [-0.2, -0.15) is 0 Å². The third kappa shape index (κ3) is 6.20. The summed E-state index contributed by atoms with van der Waals surface area (Å²) in [6.07, 6.45) is 9.47. The van der Waals surface area contributed by atoms with Gasteiger partial charge < -0.3 is 10.0 Å². The molecule has 0 bridgehead atoms. The van der Waals surface area contributed by atoms with Crippen molar-refractivity contribution in [2.45, 2.75) is 58.3 Å². The number of hydrogen-bond acceptors (Lipinski definition) is 5. The first-order valence-corrected chi connectivity index (χ1v) is 12.4. The molecule has 2 aliphatic rings. The first-order chi connectivity index (χ1) is 15.7. The van der Waals surface area contributed by atoms with Crippen molar-refractivity contribution < 1.29 is 14.7 Å². The van der Waals surface area contributed by atoms with Crippen molar-refractivity contribution in [1.82, 2.24) is 14.7 Å². The molecule has 0 saturated carbocycles. The second-order valence-corrected chi connectivity index (χ2v) is 8.88. The van der Waals surface area contributed by atoms with Gasteiger partial charge in [0.15, 0.2) is 0 Å². The van der Waals surface area contributed by atoms with Crippen LogP contribution in [-0.4, -0.2) is 77.5 Å². The molecule has 6 heteroatoms. The molecule has 1 aromatic carbocycles. The van der Waals surface area contributed by atoms with E-state index in [1.165, 1.54) is 43.4 Å². The topological polar surface area (TPSA) is 64.1 Å². The molecule has 1 fully saturated rings. The molecule has 0 spiro atoms. The Morgan fingerprint density at radius 2 is 1.41 bits per heavy atom. The number of β-amino-alcohol motifs (C(OH)–C–C–N with tert-alkyl or cyclic N) is 1. The minimum absolute atomic E-state index is 0.141. The summed E-state index contributed by atoms with van der Waals surface area (Å²) in [5.41, 5.74) is 1.92. The summed E-state index contributed by atoms with van der Waals surface area (Å²) in [5, 5.41) is 9.20. The van der Waals surface area contributed by atoms with E-state index in [0.717, 1.165) is 31.5 Å². The highest BCUT2D eigenvalue weighted by atomic mass is 16.3. The third-order valence-corrected chi connectivity index (χ3v) is 6.55. The van der Waals surface area contributed by atoms with E-state index in [9.17, 15) is 14.7 Å². The highest BCUT2D eigenvalue weighted by Crippen LogP contribution is 2.32. The first-order valence-electron chi connectivity index (χ1n) is 12.4. The van der Waals surface area contributed by atoms with Crippen molar-refractivity contribution in [1.29, 1.82) is 0 Å². The fourth-order valence-corrected chi connectivity index (χ4v) is 4.67. The number of unbranched alkanes of at least 4 members (excludes halogenated alkanes) is 7. The monoisotopic (exact) mass is 441 g/mol. The maximum Gasteiger partial charge on any atom is 0.277 e. The highest BCUT2D eigenvalue weighted by Gasteiger charge is 2.41. The zero-order chi connectivity index (χ0) is 22.8. The number of nitrogens with zero attached hydrogens (tertiary/aromatic N) is 3. The summed E-state index contributed by atoms with van der Waals surface area (Å²) < 4.78 is 0. The first kappa shape index (κ1) is 24.5. The number of amides is 2. The fraction of sp³-hybridized carbons (Fsp3) is 0.615. The maximum absolute atomic E-state index is 13.4. The minimum atomic E-state index is -0.156. The van der Waals surface area contributed by atoms with Gasteiger partial charge in [0, 0.05) is 39.3 Å². The summed E-state index contributed by atoms with van der Waals surface area (Å²) in [6.45, 7) is 6.46. The molecule has 1 aromatic rings. The molecule has 3 rings (SSSR count). The number of carbonyl (C=O) groups excluding carboxylic acids is 2. The number of imide groups is 1. The van der Waals surface area contributed by atoms with Crippen LogP contribution in [0.3, 0.4) is 0 Å². The minimum Gasteiger partial charge on any atom is -0.395 e. The summed E-state index contributed by atoms with van der Waals surface area (Å²) in [5.74, 6) is -0.302. The van der Waals surface area contributed by atoms with Crippen LogP contribution in [0.25, 0.3) is 5.57 Å². The highest BCUT2D eigenvalue weighted by molar-refractivity contribution is 6.35. The number of carbonyl (C=O) groups is 2. The number of benzene rings is 1. The molecule has 0 atom stereocenters. The van der Waals surface area contributed by atoms with Gasteiger partial charge in [0.05, 0.1) is 12.2 Å². The second-order valence-electron chi connectivity index (χ2n) is 8.88. The number of aliphatic hydroxyl groups is 1. The Morgan fingerprint density at radius 3 is 2.03 bits per heavy atom. The lowest BCUT2D eigenvalue weighted by Crippen LogP contribution is -2.48. The van der Waals surface area contributed by atoms with E-state index >= 15 is 0 Å². The van der Waals surface area contributed by atoms with E-state index in [4.69, 9.17) is 0 Å². The lowest BCUT2D eigenvalue weighted by Gasteiger charge is -2.36. The third-order valence-electron chi connectivity index (χ3n) is 6.55. The molecule has 0 aliphatic carbocycles. The van der Waals surface area contributed by atoms with Gasteiger partial charge in [0.2, 0.25) is 0 Å². The average molecular weight is 442 g/mol. The van der Waals surface area contributed by atoms with E-state index in [0.29, 0.717) is 37.4 Å². The molecular weight excluding hydrogens is 402 g/mol. The predicted molar refractivity (Wildman–Crippen MR) is 128 cm³/mol. The van der Waals surface area contributed by atoms with Crippen LogP contribution in [0.4, 0.5) is 0 Å². The molecule has 1 saturated heterocycles. The SMILES string of the molecule is CCCCCCCCCCN1C(=O)C(c2ccccc2)=C(N2CCN(CCO)CC2)C1=O. The van der Waals surface area contributed by atoms with Crippen LogP contribution >= 0.6 is 0 Å².